The second-order valence-corrected chi connectivity index (χ2v) is 12.1. The van der Waals surface area contributed by atoms with Crippen LogP contribution in [0.4, 0.5) is 0 Å². The third-order valence-corrected chi connectivity index (χ3v) is 10.7. The molecule has 0 spiro atoms. The number of hydrogen-bond acceptors (Lipinski definition) is 0. The van der Waals surface area contributed by atoms with Gasteiger partial charge < -0.3 is 37.2 Å². The molecule has 1 aromatic carbocycles. The van der Waals surface area contributed by atoms with E-state index in [1.165, 1.54) is 42.9 Å². The maximum atomic E-state index is 2.62. The molecule has 1 aliphatic rings. The van der Waals surface area contributed by atoms with Gasteiger partial charge in [0.15, 0.2) is 0 Å². The van der Waals surface area contributed by atoms with Gasteiger partial charge in [-0.05, 0) is 0 Å². The van der Waals surface area contributed by atoms with E-state index in [0.717, 1.165) is 0 Å². The molecule has 0 radical (unpaired) electrons. The molecular weight excluding hydrogens is 423 g/mol. The van der Waals surface area contributed by atoms with Crippen molar-refractivity contribution in [2.75, 3.05) is 0 Å². The van der Waals surface area contributed by atoms with Crippen molar-refractivity contribution in [2.45, 2.75) is 66.0 Å². The number of aryl methyl sites for hydroxylation is 2. The number of halogens is 3. The molecule has 0 aliphatic heterocycles. The molecule has 0 N–H and O–H groups in total. The fraction of sp³-hybridized carbons (Fsp3) is 0.500. The number of allylic oxidation sites excluding steroid dienone is 4. The number of unbranched alkanes of at least 4 members (excludes halogenated alkanes) is 1. The van der Waals surface area contributed by atoms with Crippen LogP contribution < -0.4 is 42.4 Å². The van der Waals surface area contributed by atoms with Crippen molar-refractivity contribution in [1.82, 2.24) is 0 Å². The van der Waals surface area contributed by atoms with Crippen LogP contribution in [-0.4, -0.2) is 8.07 Å². The second-order valence-electron chi connectivity index (χ2n) is 6.95. The Morgan fingerprint density at radius 1 is 1.00 bits per heavy atom. The van der Waals surface area contributed by atoms with Crippen LogP contribution in [0.5, 0.6) is 0 Å². The van der Waals surface area contributed by atoms with Crippen LogP contribution >= 0.6 is 0 Å². The molecular formula is C20H29Cl3SiTi. The van der Waals surface area contributed by atoms with Crippen molar-refractivity contribution in [3.8, 4) is 0 Å². The first kappa shape index (κ1) is 27.7. The molecule has 0 saturated heterocycles. The van der Waals surface area contributed by atoms with Crippen molar-refractivity contribution in [3.63, 3.8) is 0 Å². The Hall–Kier alpha value is 0.501. The van der Waals surface area contributed by atoms with Crippen molar-refractivity contribution in [3.05, 3.63) is 50.0 Å². The van der Waals surface area contributed by atoms with Gasteiger partial charge >= 0.3 is 150 Å². The van der Waals surface area contributed by atoms with Gasteiger partial charge in [-0.25, -0.2) is 0 Å². The Morgan fingerprint density at radius 2 is 1.56 bits per heavy atom. The summed E-state index contributed by atoms with van der Waals surface area (Å²) in [5.74, 6) is 0. The van der Waals surface area contributed by atoms with Gasteiger partial charge in [0.2, 0.25) is 0 Å². The molecule has 25 heavy (non-hydrogen) atoms. The molecule has 138 valence electrons. The molecule has 1 aromatic rings. The molecule has 0 amide bonds. The van der Waals surface area contributed by atoms with Crippen LogP contribution in [0.1, 0.15) is 50.7 Å². The second kappa shape index (κ2) is 12.1. The maximum Gasteiger partial charge on any atom is -1.00 e. The molecule has 1 atom stereocenters. The molecule has 0 aromatic heterocycles. The van der Waals surface area contributed by atoms with Crippen LogP contribution in [0.15, 0.2) is 38.9 Å². The van der Waals surface area contributed by atoms with E-state index in [4.69, 9.17) is 0 Å². The van der Waals surface area contributed by atoms with Gasteiger partial charge in [0.05, 0.1) is 0 Å². The third kappa shape index (κ3) is 6.26. The van der Waals surface area contributed by atoms with Crippen molar-refractivity contribution in [2.24, 2.45) is 0 Å². The smallest absolute Gasteiger partial charge is 1.00 e. The summed E-state index contributed by atoms with van der Waals surface area (Å²) >= 11 is 2.37. The molecule has 0 nitrogen and oxygen atoms in total. The van der Waals surface area contributed by atoms with Gasteiger partial charge in [0, 0.05) is 0 Å². The Morgan fingerprint density at radius 3 is 2.04 bits per heavy atom. The monoisotopic (exact) mass is 450 g/mol. The predicted molar refractivity (Wildman–Crippen MR) is 96.9 cm³/mol. The quantitative estimate of drug-likeness (QED) is 0.394. The zero-order chi connectivity index (χ0) is 16.3. The number of benzene rings is 1. The largest absolute Gasteiger partial charge is 1.00 e. The fourth-order valence-corrected chi connectivity index (χ4v) is 10.3. The van der Waals surface area contributed by atoms with Gasteiger partial charge in [-0.2, -0.15) is 0 Å². The average Bonchev–Trinajstić information content (AvgIpc) is 2.85. The summed E-state index contributed by atoms with van der Waals surface area (Å²) in [6.07, 6.45) is 7.50. The summed E-state index contributed by atoms with van der Waals surface area (Å²) in [6.45, 7) is 11.8. The molecule has 5 heteroatoms. The van der Waals surface area contributed by atoms with Crippen LogP contribution in [0.3, 0.4) is 0 Å². The first-order valence-electron chi connectivity index (χ1n) is 8.65. The molecule has 0 heterocycles. The van der Waals surface area contributed by atoms with E-state index in [9.17, 15) is 0 Å². The van der Waals surface area contributed by atoms with Gasteiger partial charge in [0.25, 0.3) is 0 Å². The predicted octanol–water partition coefficient (Wildman–Crippen LogP) is -3.52. The third-order valence-electron chi connectivity index (χ3n) is 5.00. The zero-order valence-corrected chi connectivity index (χ0v) is 20.8. The van der Waals surface area contributed by atoms with E-state index < -0.39 is 8.07 Å². The van der Waals surface area contributed by atoms with Crippen molar-refractivity contribution in [1.29, 1.82) is 0 Å². The van der Waals surface area contributed by atoms with Crippen LogP contribution in [0.2, 0.25) is 12.6 Å². The van der Waals surface area contributed by atoms with E-state index in [1.54, 1.807) is 19.8 Å². The Bertz CT molecular complexity index is 605. The zero-order valence-electron chi connectivity index (χ0n) is 16.0. The first-order chi connectivity index (χ1) is 10.4. The molecule has 1 aliphatic carbocycles. The fourth-order valence-electron chi connectivity index (χ4n) is 3.87. The van der Waals surface area contributed by atoms with E-state index in [-0.39, 0.29) is 37.2 Å². The number of hydrogen-bond donors (Lipinski definition) is 0. The minimum absolute atomic E-state index is 0. The van der Waals surface area contributed by atoms with E-state index in [2.05, 4.69) is 79.0 Å². The van der Waals surface area contributed by atoms with E-state index in [0.29, 0.717) is 0 Å². The summed E-state index contributed by atoms with van der Waals surface area (Å²) in [4.78, 5) is 0. The molecule has 1 unspecified atom stereocenters. The van der Waals surface area contributed by atoms with Crippen molar-refractivity contribution >= 4 is 13.3 Å². The van der Waals surface area contributed by atoms with Crippen molar-refractivity contribution < 1.29 is 57.7 Å². The first-order valence-corrected chi connectivity index (χ1v) is 12.1. The summed E-state index contributed by atoms with van der Waals surface area (Å²) in [6, 6.07) is 8.64. The standard InChI is InChI=1S/C20H29Si.3ClH.Ti/c1-6-8-12-21(5,20-11-9-10-18(20)7-2)19-14-16(3)13-17(4)15-19;;;;/h10,13-15H,6-9,12H2,1-5H3;3*1H;/q;;;;+3/p-3. The van der Waals surface area contributed by atoms with Crippen LogP contribution in [-0.2, 0) is 20.4 Å². The SMILES string of the molecule is CCCC[Si](C)(C1=[C]([Ti+3])CC=C1CC)c1cc(C)cc(C)c1.[Cl-].[Cl-].[Cl-]. The topological polar surface area (TPSA) is 0 Å². The summed E-state index contributed by atoms with van der Waals surface area (Å²) in [7, 11) is -1.61. The summed E-state index contributed by atoms with van der Waals surface area (Å²) in [5.41, 5.74) is 4.48. The Labute approximate surface area is 186 Å². The summed E-state index contributed by atoms with van der Waals surface area (Å²) < 4.78 is 1.64. The molecule has 2 rings (SSSR count). The van der Waals surface area contributed by atoms with Gasteiger partial charge in [-0.1, -0.05) is 0 Å². The van der Waals surface area contributed by atoms with Gasteiger partial charge in [-0.3, -0.25) is 0 Å². The minimum Gasteiger partial charge on any atom is -1.00 e. The van der Waals surface area contributed by atoms with Gasteiger partial charge in [0.1, 0.15) is 0 Å². The van der Waals surface area contributed by atoms with Crippen LogP contribution in [0, 0.1) is 13.8 Å². The van der Waals surface area contributed by atoms with Gasteiger partial charge in [-0.15, -0.1) is 0 Å². The molecule has 0 bridgehead atoms. The summed E-state index contributed by atoms with van der Waals surface area (Å²) in [5, 5.41) is 3.42. The minimum atomic E-state index is -1.61. The van der Waals surface area contributed by atoms with E-state index >= 15 is 0 Å². The number of rotatable bonds is 6. The Balaban J connectivity index is 0. The van der Waals surface area contributed by atoms with E-state index in [1.807, 2.05) is 0 Å². The maximum absolute atomic E-state index is 2.62. The Kier molecular flexibility index (Phi) is 13.4. The normalized spacial score (nSPS) is 15.6. The molecule has 0 saturated carbocycles. The average molecular weight is 452 g/mol. The van der Waals surface area contributed by atoms with Crippen LogP contribution in [0.25, 0.3) is 0 Å². The molecule has 0 fully saturated rings.